The maximum atomic E-state index is 5.96. The van der Waals surface area contributed by atoms with Crippen molar-refractivity contribution in [2.45, 2.75) is 6.42 Å². The van der Waals surface area contributed by atoms with E-state index in [0.717, 1.165) is 88.9 Å². The largest absolute Gasteiger partial charge is 0.494 e. The Morgan fingerprint density at radius 3 is 2.72 bits per heavy atom. The molecular formula is C29H31N5O2. The molecule has 1 aliphatic heterocycles. The van der Waals surface area contributed by atoms with Gasteiger partial charge in [-0.2, -0.15) is 0 Å². The van der Waals surface area contributed by atoms with Crippen LogP contribution < -0.4 is 21.0 Å². The van der Waals surface area contributed by atoms with Gasteiger partial charge in [0.1, 0.15) is 11.4 Å². The summed E-state index contributed by atoms with van der Waals surface area (Å²) in [5.41, 5.74) is 10.6. The lowest BCUT2D eigenvalue weighted by Gasteiger charge is -2.26. The number of morpholine rings is 1. The van der Waals surface area contributed by atoms with E-state index in [4.69, 9.17) is 15.2 Å². The summed E-state index contributed by atoms with van der Waals surface area (Å²) in [6.07, 6.45) is 10.0. The summed E-state index contributed by atoms with van der Waals surface area (Å²) >= 11 is 0. The van der Waals surface area contributed by atoms with Crippen molar-refractivity contribution < 1.29 is 9.47 Å². The first-order valence-corrected chi connectivity index (χ1v) is 12.3. The number of nitrogens with zero attached hydrogens (tertiary/aromatic N) is 3. The predicted molar refractivity (Wildman–Crippen MR) is 145 cm³/mol. The number of H-pyrrole nitrogens is 1. The number of nitrogens with two attached hydrogens (primary N) is 1. The predicted octanol–water partition coefficient (Wildman–Crippen LogP) is 2.92. The highest BCUT2D eigenvalue weighted by Gasteiger charge is 2.10. The second kappa shape index (κ2) is 11.2. The number of aromatic amines is 1. The van der Waals surface area contributed by atoms with Crippen molar-refractivity contribution in [3.63, 3.8) is 0 Å². The highest BCUT2D eigenvalue weighted by Crippen LogP contribution is 2.24. The zero-order valence-electron chi connectivity index (χ0n) is 20.3. The highest BCUT2D eigenvalue weighted by atomic mass is 16.5. The topological polar surface area (TPSA) is 89.3 Å². The number of nitrogens with one attached hydrogen (secondary N) is 1. The zero-order valence-corrected chi connectivity index (χ0v) is 20.3. The Labute approximate surface area is 210 Å². The summed E-state index contributed by atoms with van der Waals surface area (Å²) in [6.45, 7) is 9.64. The van der Waals surface area contributed by atoms with E-state index in [1.807, 2.05) is 36.5 Å². The Kier molecular flexibility index (Phi) is 7.40. The molecule has 3 aromatic heterocycles. The Morgan fingerprint density at radius 2 is 1.97 bits per heavy atom. The molecule has 0 atom stereocenters. The molecule has 1 aliphatic rings. The summed E-state index contributed by atoms with van der Waals surface area (Å²) in [6, 6.07) is 14.2. The summed E-state index contributed by atoms with van der Waals surface area (Å²) < 4.78 is 11.4. The normalized spacial score (nSPS) is 15.4. The molecule has 0 spiro atoms. The molecule has 0 aliphatic carbocycles. The molecular weight excluding hydrogens is 450 g/mol. The second-order valence-corrected chi connectivity index (χ2v) is 8.83. The summed E-state index contributed by atoms with van der Waals surface area (Å²) in [4.78, 5) is 14.6. The van der Waals surface area contributed by atoms with Gasteiger partial charge in [0.05, 0.1) is 25.2 Å². The third-order valence-electron chi connectivity index (χ3n) is 6.42. The minimum atomic E-state index is 0.700. The number of benzene rings is 1. The number of allylic oxidation sites excluding steroid dienone is 1. The molecule has 4 aromatic rings. The number of pyridine rings is 2. The molecule has 0 bridgehead atoms. The number of hydrogen-bond donors (Lipinski definition) is 2. The van der Waals surface area contributed by atoms with Gasteiger partial charge in [-0.3, -0.25) is 9.88 Å². The second-order valence-electron chi connectivity index (χ2n) is 8.83. The molecule has 0 saturated carbocycles. The first-order valence-electron chi connectivity index (χ1n) is 12.3. The molecule has 3 N–H and O–H groups in total. The van der Waals surface area contributed by atoms with Crippen LogP contribution in [-0.2, 0) is 4.74 Å². The summed E-state index contributed by atoms with van der Waals surface area (Å²) in [5.74, 6) is 0.873. The molecule has 36 heavy (non-hydrogen) atoms. The van der Waals surface area contributed by atoms with Gasteiger partial charge in [-0.1, -0.05) is 24.8 Å². The standard InChI is InChI=1S/C29H31N5O2/c1-21(23-4-2-9-31-19-23)16-26-27-17-24(20-32-29(27)33-28(26)18-30)22-5-7-25(8-6-22)36-13-3-10-34-11-14-35-15-12-34/h2,4-9,16-20H,1,3,10-15,30H2,(H,32,33)/b26-16-,28-18+. The molecule has 7 nitrogen and oxygen atoms in total. The van der Waals surface area contributed by atoms with Crippen LogP contribution in [0.15, 0.2) is 67.6 Å². The maximum absolute atomic E-state index is 5.96. The molecule has 184 valence electrons. The van der Waals surface area contributed by atoms with Gasteiger partial charge >= 0.3 is 0 Å². The van der Waals surface area contributed by atoms with Crippen molar-refractivity contribution in [3.05, 3.63) is 83.8 Å². The Balaban J connectivity index is 1.33. The molecule has 0 amide bonds. The van der Waals surface area contributed by atoms with Gasteiger partial charge < -0.3 is 20.2 Å². The Morgan fingerprint density at radius 1 is 1.14 bits per heavy atom. The highest BCUT2D eigenvalue weighted by molar-refractivity contribution is 5.92. The lowest BCUT2D eigenvalue weighted by atomic mass is 10.0. The monoisotopic (exact) mass is 481 g/mol. The maximum Gasteiger partial charge on any atom is 0.138 e. The summed E-state index contributed by atoms with van der Waals surface area (Å²) in [7, 11) is 0. The Hall–Kier alpha value is -3.94. The van der Waals surface area contributed by atoms with E-state index in [1.54, 1.807) is 18.6 Å². The van der Waals surface area contributed by atoms with Crippen LogP contribution in [0.1, 0.15) is 12.0 Å². The van der Waals surface area contributed by atoms with E-state index in [9.17, 15) is 0 Å². The van der Waals surface area contributed by atoms with Gasteiger partial charge in [0.25, 0.3) is 0 Å². The van der Waals surface area contributed by atoms with Crippen molar-refractivity contribution in [3.8, 4) is 16.9 Å². The van der Waals surface area contributed by atoms with Gasteiger partial charge in [-0.25, -0.2) is 4.98 Å². The van der Waals surface area contributed by atoms with Crippen LogP contribution in [0.4, 0.5) is 0 Å². The van der Waals surface area contributed by atoms with Gasteiger partial charge in [0.15, 0.2) is 0 Å². The van der Waals surface area contributed by atoms with Crippen molar-refractivity contribution in [2.75, 3.05) is 39.5 Å². The number of hydrogen-bond acceptors (Lipinski definition) is 6. The smallest absolute Gasteiger partial charge is 0.138 e. The van der Waals surface area contributed by atoms with E-state index in [1.165, 1.54) is 0 Å². The zero-order chi connectivity index (χ0) is 24.7. The minimum Gasteiger partial charge on any atom is -0.494 e. The van der Waals surface area contributed by atoms with Crippen LogP contribution in [0, 0.1) is 0 Å². The SMILES string of the molecule is C=C(/C=c1\c(=C/N)[nH]c2ncc(-c3ccc(OCCCN4CCOCC4)cc3)cc12)c1cccnc1. The van der Waals surface area contributed by atoms with E-state index >= 15 is 0 Å². The third-order valence-corrected chi connectivity index (χ3v) is 6.42. The number of aromatic nitrogens is 3. The number of rotatable bonds is 8. The molecule has 1 aromatic carbocycles. The molecule has 7 heteroatoms. The average molecular weight is 482 g/mol. The first-order chi connectivity index (χ1) is 17.7. The third kappa shape index (κ3) is 5.48. The van der Waals surface area contributed by atoms with Crippen molar-refractivity contribution in [1.29, 1.82) is 0 Å². The van der Waals surface area contributed by atoms with E-state index in [-0.39, 0.29) is 0 Å². The van der Waals surface area contributed by atoms with Crippen LogP contribution in [0.3, 0.4) is 0 Å². The summed E-state index contributed by atoms with van der Waals surface area (Å²) in [5, 5.41) is 2.74. The average Bonchev–Trinajstić information content (AvgIpc) is 3.29. The molecule has 0 radical (unpaired) electrons. The van der Waals surface area contributed by atoms with Crippen LogP contribution in [0.25, 0.3) is 40.0 Å². The van der Waals surface area contributed by atoms with Gasteiger partial charge in [-0.05, 0) is 53.5 Å². The quantitative estimate of drug-likeness (QED) is 0.376. The van der Waals surface area contributed by atoms with Crippen molar-refractivity contribution in [1.82, 2.24) is 19.9 Å². The lowest BCUT2D eigenvalue weighted by Crippen LogP contribution is -2.37. The van der Waals surface area contributed by atoms with Crippen molar-refractivity contribution in [2.24, 2.45) is 5.73 Å². The molecule has 5 rings (SSSR count). The van der Waals surface area contributed by atoms with E-state index < -0.39 is 0 Å². The van der Waals surface area contributed by atoms with Crippen molar-refractivity contribution >= 4 is 28.9 Å². The molecule has 4 heterocycles. The fourth-order valence-electron chi connectivity index (χ4n) is 4.41. The fraction of sp³-hybridized carbons (Fsp3) is 0.241. The Bertz CT molecular complexity index is 1440. The minimum absolute atomic E-state index is 0.700. The molecule has 1 saturated heterocycles. The van der Waals surface area contributed by atoms with E-state index in [2.05, 4.69) is 44.6 Å². The van der Waals surface area contributed by atoms with Gasteiger partial charge in [0, 0.05) is 60.6 Å². The van der Waals surface area contributed by atoms with Crippen LogP contribution in [0.5, 0.6) is 5.75 Å². The number of ether oxygens (including phenoxy) is 2. The van der Waals surface area contributed by atoms with Gasteiger partial charge in [-0.15, -0.1) is 0 Å². The van der Waals surface area contributed by atoms with Crippen LogP contribution in [0.2, 0.25) is 0 Å². The fourth-order valence-corrected chi connectivity index (χ4v) is 4.41. The van der Waals surface area contributed by atoms with E-state index in [0.29, 0.717) is 6.61 Å². The van der Waals surface area contributed by atoms with Gasteiger partial charge in [0.2, 0.25) is 0 Å². The first kappa shape index (κ1) is 23.8. The van der Waals surface area contributed by atoms with Crippen LogP contribution >= 0.6 is 0 Å². The number of fused-ring (bicyclic) bond motifs is 1. The molecule has 0 unspecified atom stereocenters. The van der Waals surface area contributed by atoms with Crippen LogP contribution in [-0.4, -0.2) is 59.3 Å². The lowest BCUT2D eigenvalue weighted by molar-refractivity contribution is 0.0358. The molecule has 1 fully saturated rings.